The summed E-state index contributed by atoms with van der Waals surface area (Å²) in [5, 5.41) is 5.62. The largest absolute Gasteiger partial charge is 0.343 e. The summed E-state index contributed by atoms with van der Waals surface area (Å²) in [6, 6.07) is 8.83. The first-order valence-electron chi connectivity index (χ1n) is 8.72. The molecule has 0 saturated carbocycles. The zero-order chi connectivity index (χ0) is 17.3. The maximum Gasteiger partial charge on any atom is 0.0571 e. The molecular formula is C23H25N. The minimum atomic E-state index is 1.36. The molecule has 4 aromatic rings. The third-order valence-corrected chi connectivity index (χ3v) is 6.34. The average Bonchev–Trinajstić information content (AvgIpc) is 2.89. The number of rotatable bonds is 0. The van der Waals surface area contributed by atoms with E-state index in [1.54, 1.807) is 0 Å². The Bertz CT molecular complexity index is 1160. The quantitative estimate of drug-likeness (QED) is 0.357. The topological polar surface area (TPSA) is 4.93 Å². The van der Waals surface area contributed by atoms with Crippen LogP contribution in [0.15, 0.2) is 24.3 Å². The van der Waals surface area contributed by atoms with Crippen molar-refractivity contribution in [1.82, 2.24) is 4.57 Å². The van der Waals surface area contributed by atoms with Crippen molar-refractivity contribution >= 4 is 32.6 Å². The molecule has 4 rings (SSSR count). The molecule has 122 valence electrons. The predicted molar refractivity (Wildman–Crippen MR) is 106 cm³/mol. The van der Waals surface area contributed by atoms with Crippen LogP contribution in [0.4, 0.5) is 0 Å². The number of aromatic nitrogens is 1. The summed E-state index contributed by atoms with van der Waals surface area (Å²) in [6.07, 6.45) is 0. The summed E-state index contributed by atoms with van der Waals surface area (Å²) in [4.78, 5) is 0. The second kappa shape index (κ2) is 4.86. The smallest absolute Gasteiger partial charge is 0.0571 e. The van der Waals surface area contributed by atoms with Gasteiger partial charge in [-0.15, -0.1) is 0 Å². The van der Waals surface area contributed by atoms with Gasteiger partial charge in [0.05, 0.1) is 11.0 Å². The van der Waals surface area contributed by atoms with Crippen molar-refractivity contribution in [3.63, 3.8) is 0 Å². The van der Waals surface area contributed by atoms with Crippen LogP contribution in [-0.2, 0) is 7.05 Å². The van der Waals surface area contributed by atoms with E-state index in [0.717, 1.165) is 0 Å². The Morgan fingerprint density at radius 2 is 1.04 bits per heavy atom. The van der Waals surface area contributed by atoms with E-state index in [2.05, 4.69) is 77.4 Å². The number of benzene rings is 3. The SMILES string of the molecule is Cc1c(C)c(C)c2c(c1C)c1c(C)c(C)c3ccccc3c1n2C. The molecule has 0 N–H and O–H groups in total. The van der Waals surface area contributed by atoms with Gasteiger partial charge in [-0.1, -0.05) is 24.3 Å². The number of fused-ring (bicyclic) bond motifs is 5. The van der Waals surface area contributed by atoms with E-state index in [-0.39, 0.29) is 0 Å². The molecule has 1 heterocycles. The Labute approximate surface area is 143 Å². The maximum atomic E-state index is 2.42. The van der Waals surface area contributed by atoms with Gasteiger partial charge >= 0.3 is 0 Å². The van der Waals surface area contributed by atoms with Gasteiger partial charge in [-0.2, -0.15) is 0 Å². The first-order valence-corrected chi connectivity index (χ1v) is 8.72. The molecule has 3 aromatic carbocycles. The van der Waals surface area contributed by atoms with E-state index in [1.165, 1.54) is 66.0 Å². The van der Waals surface area contributed by atoms with Gasteiger partial charge in [0, 0.05) is 23.2 Å². The van der Waals surface area contributed by atoms with Gasteiger partial charge in [-0.3, -0.25) is 0 Å². The zero-order valence-corrected chi connectivity index (χ0v) is 15.8. The maximum absolute atomic E-state index is 2.42. The molecule has 0 amide bonds. The molecule has 0 spiro atoms. The fraction of sp³-hybridized carbons (Fsp3) is 0.304. The number of nitrogens with zero attached hydrogens (tertiary/aromatic N) is 1. The zero-order valence-electron chi connectivity index (χ0n) is 15.8. The van der Waals surface area contributed by atoms with Gasteiger partial charge in [-0.05, 0) is 80.3 Å². The van der Waals surface area contributed by atoms with Crippen molar-refractivity contribution in [3.05, 3.63) is 57.6 Å². The van der Waals surface area contributed by atoms with Gasteiger partial charge in [0.1, 0.15) is 0 Å². The van der Waals surface area contributed by atoms with Crippen LogP contribution in [0.1, 0.15) is 33.4 Å². The molecule has 0 radical (unpaired) electrons. The van der Waals surface area contributed by atoms with E-state index in [1.807, 2.05) is 0 Å². The molecule has 0 aliphatic carbocycles. The Morgan fingerprint density at radius 3 is 1.71 bits per heavy atom. The van der Waals surface area contributed by atoms with Gasteiger partial charge < -0.3 is 4.57 Å². The van der Waals surface area contributed by atoms with E-state index >= 15 is 0 Å². The highest BCUT2D eigenvalue weighted by Crippen LogP contribution is 2.42. The predicted octanol–water partition coefficient (Wildman–Crippen LogP) is 6.34. The molecule has 0 aliphatic heterocycles. The standard InChI is InChI=1S/C23H25N/c1-12-13(2)17(6)22-20(15(12)4)21-16(5)14(3)18-10-8-9-11-19(18)23(21)24(22)7/h8-11H,1-7H3. The average molecular weight is 315 g/mol. The Kier molecular flexibility index (Phi) is 3.09. The molecule has 1 nitrogen and oxygen atoms in total. The Hall–Kier alpha value is -2.28. The van der Waals surface area contributed by atoms with Crippen molar-refractivity contribution in [2.24, 2.45) is 7.05 Å². The van der Waals surface area contributed by atoms with Gasteiger partial charge in [-0.25, -0.2) is 0 Å². The molecular weight excluding hydrogens is 290 g/mol. The Balaban J connectivity index is 2.48. The second-order valence-electron chi connectivity index (χ2n) is 7.30. The van der Waals surface area contributed by atoms with Crippen molar-refractivity contribution in [2.75, 3.05) is 0 Å². The number of hydrogen-bond donors (Lipinski definition) is 0. The summed E-state index contributed by atoms with van der Waals surface area (Å²) >= 11 is 0. The molecule has 1 heteroatoms. The van der Waals surface area contributed by atoms with E-state index in [9.17, 15) is 0 Å². The van der Waals surface area contributed by atoms with Gasteiger partial charge in [0.2, 0.25) is 0 Å². The summed E-state index contributed by atoms with van der Waals surface area (Å²) in [6.45, 7) is 13.6. The van der Waals surface area contributed by atoms with Crippen molar-refractivity contribution < 1.29 is 0 Å². The van der Waals surface area contributed by atoms with Crippen LogP contribution in [-0.4, -0.2) is 4.57 Å². The van der Waals surface area contributed by atoms with Crippen LogP contribution in [0.2, 0.25) is 0 Å². The third kappa shape index (κ3) is 1.65. The van der Waals surface area contributed by atoms with Crippen molar-refractivity contribution in [2.45, 2.75) is 41.5 Å². The highest BCUT2D eigenvalue weighted by Gasteiger charge is 2.20. The second-order valence-corrected chi connectivity index (χ2v) is 7.30. The van der Waals surface area contributed by atoms with Crippen LogP contribution in [0.25, 0.3) is 32.6 Å². The molecule has 0 atom stereocenters. The summed E-state index contributed by atoms with van der Waals surface area (Å²) in [5.41, 5.74) is 11.3. The van der Waals surface area contributed by atoms with E-state index in [0.29, 0.717) is 0 Å². The summed E-state index contributed by atoms with van der Waals surface area (Å²) in [7, 11) is 2.23. The van der Waals surface area contributed by atoms with E-state index in [4.69, 9.17) is 0 Å². The monoisotopic (exact) mass is 315 g/mol. The van der Waals surface area contributed by atoms with Gasteiger partial charge in [0.25, 0.3) is 0 Å². The van der Waals surface area contributed by atoms with Crippen LogP contribution >= 0.6 is 0 Å². The van der Waals surface area contributed by atoms with Crippen LogP contribution in [0.5, 0.6) is 0 Å². The van der Waals surface area contributed by atoms with Gasteiger partial charge in [0.15, 0.2) is 0 Å². The molecule has 0 fully saturated rings. The lowest BCUT2D eigenvalue weighted by molar-refractivity contribution is 1.01. The first kappa shape index (κ1) is 15.3. The number of hydrogen-bond acceptors (Lipinski definition) is 0. The van der Waals surface area contributed by atoms with Crippen molar-refractivity contribution in [1.29, 1.82) is 0 Å². The van der Waals surface area contributed by atoms with Crippen LogP contribution in [0.3, 0.4) is 0 Å². The molecule has 0 aliphatic rings. The molecule has 0 bridgehead atoms. The molecule has 24 heavy (non-hydrogen) atoms. The lowest BCUT2D eigenvalue weighted by atomic mass is 9.91. The fourth-order valence-electron chi connectivity index (χ4n) is 4.50. The molecule has 1 aromatic heterocycles. The normalized spacial score (nSPS) is 12.0. The van der Waals surface area contributed by atoms with Crippen LogP contribution < -0.4 is 0 Å². The summed E-state index contributed by atoms with van der Waals surface area (Å²) < 4.78 is 2.42. The van der Waals surface area contributed by atoms with E-state index < -0.39 is 0 Å². The Morgan fingerprint density at radius 1 is 0.542 bits per heavy atom. The molecule has 0 unspecified atom stereocenters. The third-order valence-electron chi connectivity index (χ3n) is 6.34. The fourth-order valence-corrected chi connectivity index (χ4v) is 4.50. The highest BCUT2D eigenvalue weighted by molar-refractivity contribution is 6.21. The van der Waals surface area contributed by atoms with Crippen LogP contribution in [0, 0.1) is 41.5 Å². The lowest BCUT2D eigenvalue weighted by Gasteiger charge is -2.13. The number of aryl methyl sites for hydroxylation is 5. The highest BCUT2D eigenvalue weighted by atomic mass is 14.9. The van der Waals surface area contributed by atoms with Crippen molar-refractivity contribution in [3.8, 4) is 0 Å². The first-order chi connectivity index (χ1) is 11.4. The lowest BCUT2D eigenvalue weighted by Crippen LogP contribution is -1.96. The minimum Gasteiger partial charge on any atom is -0.343 e. The summed E-state index contributed by atoms with van der Waals surface area (Å²) in [5.74, 6) is 0. The molecule has 0 saturated heterocycles. The minimum absolute atomic E-state index is 1.36.